The average Bonchev–Trinajstić information content (AvgIpc) is 1.98. The highest BCUT2D eigenvalue weighted by atomic mass is 31.2. The first-order chi connectivity index (χ1) is 5.78. The molecule has 0 aromatic heterocycles. The van der Waals surface area contributed by atoms with E-state index in [4.69, 9.17) is 14.9 Å². The number of rotatable bonds is 3. The zero-order valence-corrected chi connectivity index (χ0v) is 8.12. The lowest BCUT2D eigenvalue weighted by Gasteiger charge is -2.06. The van der Waals surface area contributed by atoms with Crippen LogP contribution in [0.25, 0.3) is 0 Å². The van der Waals surface area contributed by atoms with Crippen molar-refractivity contribution in [3.8, 4) is 0 Å². The Morgan fingerprint density at radius 3 is 2.23 bits per heavy atom. The van der Waals surface area contributed by atoms with Crippen LogP contribution in [0.1, 0.15) is 20.3 Å². The second kappa shape index (κ2) is 4.41. The van der Waals surface area contributed by atoms with E-state index in [9.17, 15) is 9.36 Å². The Morgan fingerprint density at radius 2 is 1.92 bits per heavy atom. The molecule has 0 bridgehead atoms. The van der Waals surface area contributed by atoms with Crippen LogP contribution in [0.5, 0.6) is 0 Å². The summed E-state index contributed by atoms with van der Waals surface area (Å²) < 4.78 is 13.9. The molecule has 0 radical (unpaired) electrons. The maximum Gasteiger partial charge on any atom is 0.527 e. The van der Waals surface area contributed by atoms with Gasteiger partial charge in [-0.1, -0.05) is 6.92 Å². The van der Waals surface area contributed by atoms with Crippen molar-refractivity contribution in [1.82, 2.24) is 0 Å². The molecule has 0 fully saturated rings. The number of aliphatic hydroxyl groups is 1. The summed E-state index contributed by atoms with van der Waals surface area (Å²) in [4.78, 5) is 27.3. The smallest absolute Gasteiger partial charge is 0.512 e. The van der Waals surface area contributed by atoms with Crippen molar-refractivity contribution in [3.63, 3.8) is 0 Å². The molecule has 0 saturated carbocycles. The zero-order chi connectivity index (χ0) is 10.6. The molecule has 0 unspecified atom stereocenters. The molecule has 0 atom stereocenters. The predicted octanol–water partition coefficient (Wildman–Crippen LogP) is 0.864. The van der Waals surface area contributed by atoms with Gasteiger partial charge in [0.15, 0.2) is 0 Å². The summed E-state index contributed by atoms with van der Waals surface area (Å²) in [6.45, 7) is 2.81. The van der Waals surface area contributed by atoms with Gasteiger partial charge in [0.05, 0.1) is 5.57 Å². The van der Waals surface area contributed by atoms with E-state index in [1.807, 2.05) is 0 Å². The minimum absolute atomic E-state index is 0.197. The first kappa shape index (κ1) is 12.2. The summed E-state index contributed by atoms with van der Waals surface area (Å²) in [5.74, 6) is -1.47. The molecule has 0 aromatic carbocycles. The molecule has 76 valence electrons. The third kappa shape index (κ3) is 4.67. The topological polar surface area (TPSA) is 104 Å². The molecule has 0 saturated heterocycles. The van der Waals surface area contributed by atoms with E-state index in [2.05, 4.69) is 4.52 Å². The van der Waals surface area contributed by atoms with Crippen LogP contribution in [0.3, 0.4) is 0 Å². The normalized spacial score (nSPS) is 13.5. The minimum atomic E-state index is -4.82. The third-order valence-electron chi connectivity index (χ3n) is 1.28. The fraction of sp³-hybridized carbons (Fsp3) is 0.500. The van der Waals surface area contributed by atoms with Crippen molar-refractivity contribution in [1.29, 1.82) is 0 Å². The number of carbonyl (C=O) groups excluding carboxylic acids is 1. The van der Waals surface area contributed by atoms with Gasteiger partial charge in [0, 0.05) is 6.42 Å². The summed E-state index contributed by atoms with van der Waals surface area (Å²) in [6, 6.07) is 0. The molecule has 13 heavy (non-hydrogen) atoms. The number of hydrogen-bond acceptors (Lipinski definition) is 4. The maximum absolute atomic E-state index is 10.8. The van der Waals surface area contributed by atoms with Crippen LogP contribution in [-0.2, 0) is 13.9 Å². The van der Waals surface area contributed by atoms with Crippen LogP contribution in [0, 0.1) is 0 Å². The second-order valence-corrected chi connectivity index (χ2v) is 3.46. The number of hydrogen-bond donors (Lipinski definition) is 3. The number of carbonyl (C=O) groups is 1. The minimum Gasteiger partial charge on any atom is -0.512 e. The van der Waals surface area contributed by atoms with Gasteiger partial charge < -0.3 is 9.63 Å². The van der Waals surface area contributed by atoms with Crippen LogP contribution in [-0.4, -0.2) is 20.9 Å². The first-order valence-electron chi connectivity index (χ1n) is 3.46. The summed E-state index contributed by atoms with van der Waals surface area (Å²) in [7, 11) is -4.82. The van der Waals surface area contributed by atoms with Gasteiger partial charge in [-0.25, -0.2) is 9.36 Å². The van der Waals surface area contributed by atoms with Crippen LogP contribution in [0.4, 0.5) is 0 Å². The Balaban J connectivity index is 4.55. The van der Waals surface area contributed by atoms with Crippen LogP contribution in [0.2, 0.25) is 0 Å². The van der Waals surface area contributed by atoms with E-state index in [1.54, 1.807) is 6.92 Å². The Kier molecular flexibility index (Phi) is 4.13. The van der Waals surface area contributed by atoms with Crippen molar-refractivity contribution in [2.75, 3.05) is 0 Å². The predicted molar refractivity (Wildman–Crippen MR) is 43.8 cm³/mol. The van der Waals surface area contributed by atoms with Gasteiger partial charge in [0.25, 0.3) is 0 Å². The Labute approximate surface area is 75.1 Å². The van der Waals surface area contributed by atoms with Crippen LogP contribution < -0.4 is 0 Å². The molecule has 6 nitrogen and oxygen atoms in total. The van der Waals surface area contributed by atoms with Crippen molar-refractivity contribution in [2.24, 2.45) is 0 Å². The van der Waals surface area contributed by atoms with Gasteiger partial charge in [0.1, 0.15) is 5.76 Å². The molecule has 0 aliphatic rings. The highest BCUT2D eigenvalue weighted by molar-refractivity contribution is 7.46. The summed E-state index contributed by atoms with van der Waals surface area (Å²) in [5, 5.41) is 9.02. The zero-order valence-electron chi connectivity index (χ0n) is 7.22. The second-order valence-electron chi connectivity index (χ2n) is 2.29. The van der Waals surface area contributed by atoms with E-state index < -0.39 is 13.8 Å². The number of phosphoric ester groups is 1. The standard InChI is InChI=1S/C6H11O6P/c1-3-5(7)4(2)6(8)12-13(9,10)11/h7H,3H2,1-2H3,(H2,9,10,11). The van der Waals surface area contributed by atoms with Gasteiger partial charge in [-0.05, 0) is 6.92 Å². The maximum atomic E-state index is 10.8. The lowest BCUT2D eigenvalue weighted by atomic mass is 10.2. The number of aliphatic hydroxyl groups excluding tert-OH is 1. The van der Waals surface area contributed by atoms with Crippen molar-refractivity contribution in [2.45, 2.75) is 20.3 Å². The van der Waals surface area contributed by atoms with Gasteiger partial charge in [-0.2, -0.15) is 0 Å². The molecule has 3 N–H and O–H groups in total. The monoisotopic (exact) mass is 210 g/mol. The Hall–Kier alpha value is -0.840. The molecule has 0 rings (SSSR count). The van der Waals surface area contributed by atoms with Gasteiger partial charge in [0.2, 0.25) is 0 Å². The fourth-order valence-electron chi connectivity index (χ4n) is 0.559. The van der Waals surface area contributed by atoms with E-state index >= 15 is 0 Å². The van der Waals surface area contributed by atoms with E-state index in [-0.39, 0.29) is 17.8 Å². The van der Waals surface area contributed by atoms with Gasteiger partial charge >= 0.3 is 13.8 Å². The highest BCUT2D eigenvalue weighted by Gasteiger charge is 2.22. The molecule has 0 amide bonds. The molecule has 0 aliphatic heterocycles. The lowest BCUT2D eigenvalue weighted by Crippen LogP contribution is -2.06. The molecule has 7 heteroatoms. The van der Waals surface area contributed by atoms with Crippen molar-refractivity contribution < 1.29 is 28.8 Å². The third-order valence-corrected chi connectivity index (χ3v) is 1.68. The van der Waals surface area contributed by atoms with E-state index in [1.165, 1.54) is 6.92 Å². The molecule has 0 aliphatic carbocycles. The van der Waals surface area contributed by atoms with Crippen LogP contribution in [0.15, 0.2) is 11.3 Å². The quantitative estimate of drug-likeness (QED) is 0.362. The number of phosphoric acid groups is 1. The van der Waals surface area contributed by atoms with E-state index in [0.717, 1.165) is 0 Å². The molecule has 0 heterocycles. The first-order valence-corrected chi connectivity index (χ1v) is 4.99. The Morgan fingerprint density at radius 1 is 1.46 bits per heavy atom. The summed E-state index contributed by atoms with van der Waals surface area (Å²) in [6.07, 6.45) is 0.197. The molecular formula is C6H11O6P. The fourth-order valence-corrected chi connectivity index (χ4v) is 0.912. The Bertz CT molecular complexity index is 275. The van der Waals surface area contributed by atoms with E-state index in [0.29, 0.717) is 0 Å². The largest absolute Gasteiger partial charge is 0.527 e. The van der Waals surface area contributed by atoms with Crippen molar-refractivity contribution in [3.05, 3.63) is 11.3 Å². The van der Waals surface area contributed by atoms with Gasteiger partial charge in [-0.15, -0.1) is 0 Å². The molecule has 0 spiro atoms. The van der Waals surface area contributed by atoms with Crippen LogP contribution >= 0.6 is 7.82 Å². The molecular weight excluding hydrogens is 199 g/mol. The summed E-state index contributed by atoms with van der Waals surface area (Å²) in [5.41, 5.74) is -0.203. The molecule has 0 aromatic rings. The number of allylic oxidation sites excluding steroid dienone is 1. The van der Waals surface area contributed by atoms with Crippen molar-refractivity contribution >= 4 is 13.8 Å². The highest BCUT2D eigenvalue weighted by Crippen LogP contribution is 2.36. The lowest BCUT2D eigenvalue weighted by molar-refractivity contribution is -0.131. The average molecular weight is 210 g/mol. The summed E-state index contributed by atoms with van der Waals surface area (Å²) >= 11 is 0. The SMILES string of the molecule is CCC(O)=C(C)C(=O)OP(=O)(O)O. The van der Waals surface area contributed by atoms with Gasteiger partial charge in [-0.3, -0.25) is 9.79 Å².